The SMILES string of the molecule is CC(C)(C)OC(=O)n1ncc2c1CCCC2NCc1ccccn1. The Morgan fingerprint density at radius 3 is 2.96 bits per heavy atom. The first-order valence-electron chi connectivity index (χ1n) is 8.37. The number of carbonyl (C=O) groups is 1. The van der Waals surface area contributed by atoms with Gasteiger partial charge in [0.05, 0.1) is 17.6 Å². The molecule has 0 aromatic carbocycles. The number of rotatable bonds is 3. The van der Waals surface area contributed by atoms with Crippen molar-refractivity contribution in [2.45, 2.75) is 58.2 Å². The molecule has 1 N–H and O–H groups in total. The van der Waals surface area contributed by atoms with Crippen LogP contribution in [0.1, 0.15) is 56.6 Å². The number of carbonyl (C=O) groups excluding carboxylic acids is 1. The number of pyridine rings is 1. The van der Waals surface area contributed by atoms with E-state index in [-0.39, 0.29) is 6.04 Å². The smallest absolute Gasteiger partial charge is 0.435 e. The minimum atomic E-state index is -0.527. The van der Waals surface area contributed by atoms with E-state index in [2.05, 4.69) is 15.4 Å². The summed E-state index contributed by atoms with van der Waals surface area (Å²) in [6.45, 7) is 6.27. The molecule has 0 saturated heterocycles. The van der Waals surface area contributed by atoms with Crippen LogP contribution in [0.5, 0.6) is 0 Å². The van der Waals surface area contributed by atoms with Gasteiger partial charge < -0.3 is 10.1 Å². The third-order valence-electron chi connectivity index (χ3n) is 4.01. The first-order chi connectivity index (χ1) is 11.4. The highest BCUT2D eigenvalue weighted by atomic mass is 16.6. The van der Waals surface area contributed by atoms with Crippen molar-refractivity contribution in [3.05, 3.63) is 47.5 Å². The van der Waals surface area contributed by atoms with Crippen molar-refractivity contribution < 1.29 is 9.53 Å². The van der Waals surface area contributed by atoms with E-state index in [9.17, 15) is 4.79 Å². The van der Waals surface area contributed by atoms with Gasteiger partial charge in [0.15, 0.2) is 0 Å². The summed E-state index contributed by atoms with van der Waals surface area (Å²) < 4.78 is 6.86. The molecule has 0 fully saturated rings. The summed E-state index contributed by atoms with van der Waals surface area (Å²) in [5, 5.41) is 7.80. The van der Waals surface area contributed by atoms with Crippen molar-refractivity contribution in [1.29, 1.82) is 0 Å². The summed E-state index contributed by atoms with van der Waals surface area (Å²) in [6.07, 6.45) is 6.06. The Hall–Kier alpha value is -2.21. The first-order valence-corrected chi connectivity index (χ1v) is 8.37. The summed E-state index contributed by atoms with van der Waals surface area (Å²) in [6, 6.07) is 6.08. The fraction of sp³-hybridized carbons (Fsp3) is 0.500. The third-order valence-corrected chi connectivity index (χ3v) is 4.01. The van der Waals surface area contributed by atoms with Crippen molar-refractivity contribution in [3.63, 3.8) is 0 Å². The zero-order valence-corrected chi connectivity index (χ0v) is 14.5. The number of aromatic nitrogens is 3. The summed E-state index contributed by atoms with van der Waals surface area (Å²) in [4.78, 5) is 16.7. The van der Waals surface area contributed by atoms with E-state index in [4.69, 9.17) is 4.74 Å². The third kappa shape index (κ3) is 3.82. The number of ether oxygens (including phenoxy) is 1. The second kappa shape index (κ2) is 6.73. The fourth-order valence-corrected chi connectivity index (χ4v) is 2.96. The lowest BCUT2D eigenvalue weighted by atomic mass is 9.93. The largest absolute Gasteiger partial charge is 0.442 e. The average molecular weight is 328 g/mol. The maximum atomic E-state index is 12.3. The summed E-state index contributed by atoms with van der Waals surface area (Å²) in [7, 11) is 0. The molecule has 128 valence electrons. The molecule has 24 heavy (non-hydrogen) atoms. The van der Waals surface area contributed by atoms with Gasteiger partial charge in [0.2, 0.25) is 0 Å². The van der Waals surface area contributed by atoms with Gasteiger partial charge in [-0.05, 0) is 52.2 Å². The lowest BCUT2D eigenvalue weighted by Crippen LogP contribution is -2.30. The molecule has 1 unspecified atom stereocenters. The highest BCUT2D eigenvalue weighted by molar-refractivity contribution is 5.71. The van der Waals surface area contributed by atoms with Gasteiger partial charge >= 0.3 is 6.09 Å². The van der Waals surface area contributed by atoms with Gasteiger partial charge in [-0.1, -0.05) is 6.07 Å². The van der Waals surface area contributed by atoms with E-state index in [1.165, 1.54) is 4.68 Å². The van der Waals surface area contributed by atoms with Crippen LogP contribution >= 0.6 is 0 Å². The van der Waals surface area contributed by atoms with Gasteiger partial charge in [-0.25, -0.2) is 4.79 Å². The molecular weight excluding hydrogens is 304 g/mol. The van der Waals surface area contributed by atoms with Crippen LogP contribution in [-0.2, 0) is 17.7 Å². The molecule has 0 bridgehead atoms. The molecule has 0 aliphatic heterocycles. The molecule has 0 saturated carbocycles. The normalized spacial score (nSPS) is 17.4. The van der Waals surface area contributed by atoms with Gasteiger partial charge in [0, 0.05) is 24.3 Å². The molecule has 1 atom stereocenters. The van der Waals surface area contributed by atoms with Gasteiger partial charge in [-0.2, -0.15) is 9.78 Å². The lowest BCUT2D eigenvalue weighted by molar-refractivity contribution is 0.0508. The van der Waals surface area contributed by atoms with E-state index in [0.29, 0.717) is 6.54 Å². The molecular formula is C18H24N4O2. The van der Waals surface area contributed by atoms with Crippen LogP contribution in [0.25, 0.3) is 0 Å². The topological polar surface area (TPSA) is 69.0 Å². The van der Waals surface area contributed by atoms with Gasteiger partial charge in [-0.15, -0.1) is 0 Å². The number of hydrogen-bond acceptors (Lipinski definition) is 5. The van der Waals surface area contributed by atoms with Gasteiger partial charge in [0.25, 0.3) is 0 Å². The maximum Gasteiger partial charge on any atom is 0.435 e. The standard InChI is InChI=1S/C18H24N4O2/c1-18(2,3)24-17(23)22-16-9-6-8-15(14(16)12-21-22)20-11-13-7-4-5-10-19-13/h4-5,7,10,12,15,20H,6,8-9,11H2,1-3H3. The second-order valence-electron chi connectivity index (χ2n) is 7.09. The van der Waals surface area contributed by atoms with E-state index in [1.54, 1.807) is 12.4 Å². The predicted octanol–water partition coefficient (Wildman–Crippen LogP) is 3.23. The average Bonchev–Trinajstić information content (AvgIpc) is 2.97. The Labute approximate surface area is 142 Å². The molecule has 2 heterocycles. The monoisotopic (exact) mass is 328 g/mol. The molecule has 1 aliphatic rings. The molecule has 6 heteroatoms. The van der Waals surface area contributed by atoms with E-state index in [0.717, 1.165) is 36.2 Å². The molecule has 6 nitrogen and oxygen atoms in total. The summed E-state index contributed by atoms with van der Waals surface area (Å²) >= 11 is 0. The maximum absolute atomic E-state index is 12.3. The highest BCUT2D eigenvalue weighted by Crippen LogP contribution is 2.30. The Kier molecular flexibility index (Phi) is 4.66. The molecule has 2 aromatic rings. The van der Waals surface area contributed by atoms with E-state index >= 15 is 0 Å². The molecule has 0 spiro atoms. The van der Waals surface area contributed by atoms with Crippen LogP contribution in [0, 0.1) is 0 Å². The van der Waals surface area contributed by atoms with Crippen LogP contribution in [0.4, 0.5) is 4.79 Å². The number of nitrogens with zero attached hydrogens (tertiary/aromatic N) is 3. The van der Waals surface area contributed by atoms with Crippen LogP contribution in [0.2, 0.25) is 0 Å². The van der Waals surface area contributed by atoms with Crippen LogP contribution in [0.3, 0.4) is 0 Å². The zero-order chi connectivity index (χ0) is 17.2. The molecule has 0 radical (unpaired) electrons. The van der Waals surface area contributed by atoms with Gasteiger partial charge in [0.1, 0.15) is 5.60 Å². The molecule has 1 aliphatic carbocycles. The Morgan fingerprint density at radius 2 is 2.25 bits per heavy atom. The van der Waals surface area contributed by atoms with Crippen molar-refractivity contribution in [2.24, 2.45) is 0 Å². The van der Waals surface area contributed by atoms with Crippen molar-refractivity contribution in [3.8, 4) is 0 Å². The molecule has 3 rings (SSSR count). The summed E-state index contributed by atoms with van der Waals surface area (Å²) in [5.41, 5.74) is 2.52. The lowest BCUT2D eigenvalue weighted by Gasteiger charge is -2.25. The van der Waals surface area contributed by atoms with Crippen LogP contribution < -0.4 is 5.32 Å². The predicted molar refractivity (Wildman–Crippen MR) is 90.6 cm³/mol. The minimum absolute atomic E-state index is 0.187. The minimum Gasteiger partial charge on any atom is -0.442 e. The number of nitrogens with one attached hydrogen (secondary N) is 1. The Morgan fingerprint density at radius 1 is 1.42 bits per heavy atom. The Bertz CT molecular complexity index is 704. The number of fused-ring (bicyclic) bond motifs is 1. The molecule has 2 aromatic heterocycles. The first kappa shape index (κ1) is 16.6. The summed E-state index contributed by atoms with van der Waals surface area (Å²) in [5.74, 6) is 0. The quantitative estimate of drug-likeness (QED) is 0.937. The zero-order valence-electron chi connectivity index (χ0n) is 14.5. The second-order valence-corrected chi connectivity index (χ2v) is 7.09. The van der Waals surface area contributed by atoms with E-state index < -0.39 is 11.7 Å². The number of hydrogen-bond donors (Lipinski definition) is 1. The van der Waals surface area contributed by atoms with Crippen LogP contribution in [0.15, 0.2) is 30.6 Å². The Balaban J connectivity index is 1.73. The van der Waals surface area contributed by atoms with Crippen molar-refractivity contribution >= 4 is 6.09 Å². The van der Waals surface area contributed by atoms with Crippen molar-refractivity contribution in [2.75, 3.05) is 0 Å². The van der Waals surface area contributed by atoms with Gasteiger partial charge in [-0.3, -0.25) is 4.98 Å². The van der Waals surface area contributed by atoms with Crippen LogP contribution in [-0.4, -0.2) is 26.5 Å². The highest BCUT2D eigenvalue weighted by Gasteiger charge is 2.28. The van der Waals surface area contributed by atoms with Crippen molar-refractivity contribution in [1.82, 2.24) is 20.1 Å². The van der Waals surface area contributed by atoms with E-state index in [1.807, 2.05) is 39.0 Å². The fourth-order valence-electron chi connectivity index (χ4n) is 2.96. The molecule has 0 amide bonds.